The number of furan rings is 1. The van der Waals surface area contributed by atoms with E-state index >= 15 is 0 Å². The van der Waals surface area contributed by atoms with Crippen molar-refractivity contribution in [3.63, 3.8) is 0 Å². The molecule has 4 fully saturated rings. The van der Waals surface area contributed by atoms with Crippen molar-refractivity contribution in [3.8, 4) is 0 Å². The summed E-state index contributed by atoms with van der Waals surface area (Å²) in [5.41, 5.74) is 2.82. The summed E-state index contributed by atoms with van der Waals surface area (Å²) in [5, 5.41) is 3.93. The molecular weight excluding hydrogens is 246 g/mol. The molecule has 4 bridgehead atoms. The Hall–Kier alpha value is -0.760. The van der Waals surface area contributed by atoms with E-state index in [9.17, 15) is 0 Å². The normalized spacial score (nSPS) is 46.0. The zero-order chi connectivity index (χ0) is 14.0. The molecule has 0 radical (unpaired) electrons. The molecule has 2 atom stereocenters. The highest BCUT2D eigenvalue weighted by Crippen LogP contribution is 2.66. The van der Waals surface area contributed by atoms with Crippen LogP contribution in [0.3, 0.4) is 0 Å². The number of nitrogens with one attached hydrogen (secondary N) is 1. The van der Waals surface area contributed by atoms with E-state index in [0.717, 1.165) is 18.2 Å². The van der Waals surface area contributed by atoms with Gasteiger partial charge in [0.2, 0.25) is 0 Å². The largest absolute Gasteiger partial charge is 0.468 e. The van der Waals surface area contributed by atoms with Gasteiger partial charge in [-0.1, -0.05) is 13.8 Å². The fourth-order valence-electron chi connectivity index (χ4n) is 6.50. The molecule has 5 rings (SSSR count). The van der Waals surface area contributed by atoms with Crippen LogP contribution < -0.4 is 5.32 Å². The van der Waals surface area contributed by atoms with Crippen molar-refractivity contribution in [2.45, 2.75) is 71.4 Å². The third kappa shape index (κ3) is 1.95. The van der Waals surface area contributed by atoms with Gasteiger partial charge in [-0.05, 0) is 73.8 Å². The molecular formula is C18H27NO. The first-order valence-electron chi connectivity index (χ1n) is 8.18. The molecule has 4 saturated carbocycles. The van der Waals surface area contributed by atoms with Crippen LogP contribution in [0.25, 0.3) is 0 Å². The highest BCUT2D eigenvalue weighted by atomic mass is 16.3. The van der Waals surface area contributed by atoms with E-state index in [1.807, 2.05) is 6.26 Å². The maximum Gasteiger partial charge on any atom is 0.120 e. The SMILES string of the molecule is Cc1ccoc1CNC12CC3CC(C)(CC(C)(C3)C1)C2. The van der Waals surface area contributed by atoms with Gasteiger partial charge >= 0.3 is 0 Å². The van der Waals surface area contributed by atoms with Gasteiger partial charge in [0.15, 0.2) is 0 Å². The second-order valence-electron chi connectivity index (χ2n) is 8.79. The van der Waals surface area contributed by atoms with E-state index < -0.39 is 0 Å². The molecule has 1 heterocycles. The lowest BCUT2D eigenvalue weighted by Crippen LogP contribution is -2.63. The zero-order valence-electron chi connectivity index (χ0n) is 13.1. The molecule has 110 valence electrons. The first-order chi connectivity index (χ1) is 9.40. The van der Waals surface area contributed by atoms with E-state index in [0.29, 0.717) is 16.4 Å². The predicted octanol–water partition coefficient (Wildman–Crippen LogP) is 4.43. The second-order valence-corrected chi connectivity index (χ2v) is 8.79. The Kier molecular flexibility index (Phi) is 2.53. The Bertz CT molecular complexity index is 513. The van der Waals surface area contributed by atoms with Crippen LogP contribution >= 0.6 is 0 Å². The molecule has 1 aromatic heterocycles. The summed E-state index contributed by atoms with van der Waals surface area (Å²) in [4.78, 5) is 0. The van der Waals surface area contributed by atoms with Gasteiger partial charge in [-0.2, -0.15) is 0 Å². The van der Waals surface area contributed by atoms with E-state index in [4.69, 9.17) is 4.42 Å². The van der Waals surface area contributed by atoms with Crippen LogP contribution in [0.5, 0.6) is 0 Å². The molecule has 4 aliphatic carbocycles. The average molecular weight is 273 g/mol. The van der Waals surface area contributed by atoms with Crippen molar-refractivity contribution >= 4 is 0 Å². The van der Waals surface area contributed by atoms with Gasteiger partial charge in [0.05, 0.1) is 12.8 Å². The summed E-state index contributed by atoms with van der Waals surface area (Å²) in [7, 11) is 0. The fourth-order valence-corrected chi connectivity index (χ4v) is 6.50. The molecule has 20 heavy (non-hydrogen) atoms. The predicted molar refractivity (Wildman–Crippen MR) is 80.4 cm³/mol. The maximum absolute atomic E-state index is 5.62. The summed E-state index contributed by atoms with van der Waals surface area (Å²) < 4.78 is 5.62. The van der Waals surface area contributed by atoms with E-state index in [1.165, 1.54) is 44.1 Å². The Morgan fingerprint density at radius 1 is 1.15 bits per heavy atom. The van der Waals surface area contributed by atoms with Crippen molar-refractivity contribution in [2.75, 3.05) is 0 Å². The monoisotopic (exact) mass is 273 g/mol. The molecule has 0 amide bonds. The summed E-state index contributed by atoms with van der Waals surface area (Å²) in [6.45, 7) is 8.11. The molecule has 0 saturated heterocycles. The molecule has 2 heteroatoms. The lowest BCUT2D eigenvalue weighted by Gasteiger charge is -2.65. The van der Waals surface area contributed by atoms with Crippen LogP contribution in [0.2, 0.25) is 0 Å². The van der Waals surface area contributed by atoms with Gasteiger partial charge in [-0.15, -0.1) is 0 Å². The van der Waals surface area contributed by atoms with Crippen LogP contribution in [0.1, 0.15) is 63.7 Å². The third-order valence-corrected chi connectivity index (χ3v) is 6.22. The summed E-state index contributed by atoms with van der Waals surface area (Å²) >= 11 is 0. The zero-order valence-corrected chi connectivity index (χ0v) is 13.1. The van der Waals surface area contributed by atoms with Crippen molar-refractivity contribution in [1.29, 1.82) is 0 Å². The lowest BCUT2D eigenvalue weighted by molar-refractivity contribution is -0.118. The standard InChI is InChI=1S/C18H27NO/c1-13-4-5-20-15(13)9-19-18-8-14-6-16(2,11-18)10-17(3,7-14)12-18/h4-5,14,19H,6-12H2,1-3H3. The molecule has 0 aliphatic heterocycles. The van der Waals surface area contributed by atoms with Gasteiger partial charge in [0, 0.05) is 5.54 Å². The molecule has 4 aliphatic rings. The van der Waals surface area contributed by atoms with Gasteiger partial charge in [0.25, 0.3) is 0 Å². The first kappa shape index (κ1) is 12.9. The summed E-state index contributed by atoms with van der Waals surface area (Å²) in [6.07, 6.45) is 10.3. The van der Waals surface area contributed by atoms with Crippen LogP contribution in [-0.2, 0) is 6.54 Å². The number of hydrogen-bond donors (Lipinski definition) is 1. The number of rotatable bonds is 3. The van der Waals surface area contributed by atoms with Crippen molar-refractivity contribution in [1.82, 2.24) is 5.32 Å². The first-order valence-corrected chi connectivity index (χ1v) is 8.18. The number of hydrogen-bond acceptors (Lipinski definition) is 2. The van der Waals surface area contributed by atoms with Gasteiger partial charge in [0.1, 0.15) is 5.76 Å². The molecule has 2 nitrogen and oxygen atoms in total. The molecule has 0 aromatic carbocycles. The third-order valence-electron chi connectivity index (χ3n) is 6.22. The smallest absolute Gasteiger partial charge is 0.120 e. The van der Waals surface area contributed by atoms with Gasteiger partial charge < -0.3 is 9.73 Å². The molecule has 0 spiro atoms. The average Bonchev–Trinajstić information content (AvgIpc) is 2.67. The van der Waals surface area contributed by atoms with Gasteiger partial charge in [-0.25, -0.2) is 0 Å². The minimum absolute atomic E-state index is 0.377. The minimum atomic E-state index is 0.377. The highest BCUT2D eigenvalue weighted by molar-refractivity contribution is 5.17. The quantitative estimate of drug-likeness (QED) is 0.881. The van der Waals surface area contributed by atoms with Crippen molar-refractivity contribution < 1.29 is 4.42 Å². The van der Waals surface area contributed by atoms with E-state index in [1.54, 1.807) is 0 Å². The van der Waals surface area contributed by atoms with Crippen LogP contribution in [0, 0.1) is 23.7 Å². The number of aryl methyl sites for hydroxylation is 1. The van der Waals surface area contributed by atoms with Gasteiger partial charge in [-0.3, -0.25) is 0 Å². The second kappa shape index (κ2) is 3.91. The van der Waals surface area contributed by atoms with Crippen molar-refractivity contribution in [2.24, 2.45) is 16.7 Å². The Labute approximate surface area is 122 Å². The summed E-state index contributed by atoms with van der Waals surface area (Å²) in [6, 6.07) is 2.07. The highest BCUT2D eigenvalue weighted by Gasteiger charge is 2.59. The summed E-state index contributed by atoms with van der Waals surface area (Å²) in [5.74, 6) is 2.07. The topological polar surface area (TPSA) is 25.2 Å². The van der Waals surface area contributed by atoms with Crippen molar-refractivity contribution in [3.05, 3.63) is 23.7 Å². The van der Waals surface area contributed by atoms with Crippen LogP contribution in [0.4, 0.5) is 0 Å². The minimum Gasteiger partial charge on any atom is -0.468 e. The lowest BCUT2D eigenvalue weighted by atomic mass is 9.43. The molecule has 2 unspecified atom stereocenters. The van der Waals surface area contributed by atoms with E-state index in [2.05, 4.69) is 32.2 Å². The maximum atomic E-state index is 5.62. The Balaban J connectivity index is 1.56. The Morgan fingerprint density at radius 3 is 2.40 bits per heavy atom. The Morgan fingerprint density at radius 2 is 1.85 bits per heavy atom. The fraction of sp³-hybridized carbons (Fsp3) is 0.778. The molecule has 1 aromatic rings. The van der Waals surface area contributed by atoms with E-state index in [-0.39, 0.29) is 0 Å². The molecule has 1 N–H and O–H groups in total. The van der Waals surface area contributed by atoms with Crippen LogP contribution in [-0.4, -0.2) is 5.54 Å². The van der Waals surface area contributed by atoms with Crippen LogP contribution in [0.15, 0.2) is 16.7 Å².